The maximum absolute atomic E-state index is 10.8. The molecule has 0 bridgehead atoms. The minimum Gasteiger partial charge on any atom is -1.00 e. The Morgan fingerprint density at radius 2 is 1.55 bits per heavy atom. The van der Waals surface area contributed by atoms with Crippen molar-refractivity contribution in [3.05, 3.63) is 30.6 Å². The highest BCUT2D eigenvalue weighted by Crippen LogP contribution is 1.79. The molecule has 1 aromatic rings. The van der Waals surface area contributed by atoms with E-state index in [1.165, 1.54) is 12.4 Å². The molecule has 0 N–H and O–H groups in total. The van der Waals surface area contributed by atoms with Crippen LogP contribution in [-0.2, 0) is 10.0 Å². The molecule has 0 amide bonds. The molecular weight excluding hydrogens is 186 g/mol. The number of hydrogen-bond acceptors (Lipinski definition) is 2. The molecule has 1 rings (SSSR count). The lowest BCUT2D eigenvalue weighted by atomic mass is 10.5. The van der Waals surface area contributed by atoms with E-state index in [0.717, 1.165) is 10.2 Å². The molecule has 11 heavy (non-hydrogen) atoms. The van der Waals surface area contributed by atoms with Crippen LogP contribution in [0.5, 0.6) is 0 Å². The van der Waals surface area contributed by atoms with Crippen LogP contribution in [0.15, 0.2) is 30.6 Å². The van der Waals surface area contributed by atoms with Crippen molar-refractivity contribution in [3.8, 4) is 0 Å². The second kappa shape index (κ2) is 3.69. The maximum Gasteiger partial charge on any atom is 0.366 e. The fourth-order valence-corrected chi connectivity index (χ4v) is 1.19. The van der Waals surface area contributed by atoms with Gasteiger partial charge < -0.3 is 12.4 Å². The molecule has 0 aromatic carbocycles. The van der Waals surface area contributed by atoms with E-state index < -0.39 is 10.0 Å². The normalized spacial score (nSPS) is 10.3. The maximum atomic E-state index is 10.8. The van der Waals surface area contributed by atoms with Crippen LogP contribution in [0.3, 0.4) is 0 Å². The van der Waals surface area contributed by atoms with Gasteiger partial charge in [-0.1, -0.05) is 10.0 Å². The second-order valence-corrected chi connectivity index (χ2v) is 3.86. The van der Waals surface area contributed by atoms with Gasteiger partial charge in [0.1, 0.15) is 0 Å². The van der Waals surface area contributed by atoms with Gasteiger partial charge in [0, 0.05) is 12.1 Å². The van der Waals surface area contributed by atoms with E-state index in [2.05, 4.69) is 0 Å². The van der Waals surface area contributed by atoms with Gasteiger partial charge >= 0.3 is 10.0 Å². The first-order valence-electron chi connectivity index (χ1n) is 2.77. The Morgan fingerprint density at radius 1 is 1.09 bits per heavy atom. The molecule has 0 spiro atoms. The topological polar surface area (TPSA) is 38.0 Å². The van der Waals surface area contributed by atoms with Gasteiger partial charge in [-0.05, 0) is 0 Å². The Morgan fingerprint density at radius 3 is 1.82 bits per heavy atom. The standard InChI is InChI=1S/C6H8NO2S.ClH/c1-10(8,9)7-5-3-2-4-6-7;/h2-6H,1H3;1H/q+1;/p-1. The quantitative estimate of drug-likeness (QED) is 0.441. The average molecular weight is 194 g/mol. The van der Waals surface area contributed by atoms with Crippen LogP contribution in [0.1, 0.15) is 0 Å². The molecule has 1 aromatic heterocycles. The lowest BCUT2D eigenvalue weighted by molar-refractivity contribution is -0.510. The summed E-state index contributed by atoms with van der Waals surface area (Å²) >= 11 is 0. The molecule has 62 valence electrons. The van der Waals surface area contributed by atoms with E-state index in [9.17, 15) is 8.42 Å². The summed E-state index contributed by atoms with van der Waals surface area (Å²) in [5.74, 6) is 0. The van der Waals surface area contributed by atoms with E-state index >= 15 is 0 Å². The van der Waals surface area contributed by atoms with Gasteiger partial charge in [0.15, 0.2) is 12.4 Å². The predicted octanol–water partition coefficient (Wildman–Crippen LogP) is -3.21. The van der Waals surface area contributed by atoms with Crippen molar-refractivity contribution >= 4 is 10.0 Å². The van der Waals surface area contributed by atoms with Crippen molar-refractivity contribution in [1.29, 1.82) is 0 Å². The van der Waals surface area contributed by atoms with Crippen LogP contribution >= 0.6 is 0 Å². The number of rotatable bonds is 1. The van der Waals surface area contributed by atoms with Gasteiger partial charge in [0.25, 0.3) is 0 Å². The lowest BCUT2D eigenvalue weighted by Crippen LogP contribution is -3.00. The van der Waals surface area contributed by atoms with Crippen molar-refractivity contribution in [1.82, 2.24) is 0 Å². The molecule has 0 aliphatic rings. The molecule has 0 fully saturated rings. The molecule has 0 unspecified atom stereocenters. The summed E-state index contributed by atoms with van der Waals surface area (Å²) in [6, 6.07) is 5.10. The first-order chi connectivity index (χ1) is 4.61. The number of aromatic nitrogens is 1. The van der Waals surface area contributed by atoms with Crippen molar-refractivity contribution in [2.75, 3.05) is 6.26 Å². The fraction of sp³-hybridized carbons (Fsp3) is 0.167. The van der Waals surface area contributed by atoms with Crippen molar-refractivity contribution in [3.63, 3.8) is 0 Å². The summed E-state index contributed by atoms with van der Waals surface area (Å²) in [5.41, 5.74) is 0. The third-order valence-electron chi connectivity index (χ3n) is 1.07. The predicted molar refractivity (Wildman–Crippen MR) is 36.9 cm³/mol. The van der Waals surface area contributed by atoms with E-state index in [-0.39, 0.29) is 12.4 Å². The van der Waals surface area contributed by atoms with Crippen LogP contribution in [0.2, 0.25) is 0 Å². The third-order valence-corrected chi connectivity index (χ3v) is 2.08. The van der Waals surface area contributed by atoms with Crippen LogP contribution in [0.4, 0.5) is 0 Å². The lowest BCUT2D eigenvalue weighted by Gasteiger charge is -1.87. The Kier molecular flexibility index (Phi) is 3.48. The molecule has 5 heteroatoms. The Bertz CT molecular complexity index is 309. The highest BCUT2D eigenvalue weighted by molar-refractivity contribution is 7.84. The Hall–Kier alpha value is -0.610. The van der Waals surface area contributed by atoms with Crippen LogP contribution in [0.25, 0.3) is 0 Å². The molecule has 0 aliphatic heterocycles. The average Bonchev–Trinajstić information content (AvgIpc) is 1.88. The molecule has 1 heterocycles. The Balaban J connectivity index is 0.000001000. The van der Waals surface area contributed by atoms with Gasteiger partial charge in [-0.25, -0.2) is 0 Å². The molecule has 0 saturated carbocycles. The fourth-order valence-electron chi connectivity index (χ4n) is 0.604. The molecule has 0 radical (unpaired) electrons. The molecule has 0 atom stereocenters. The molecule has 0 saturated heterocycles. The van der Waals surface area contributed by atoms with Crippen molar-refractivity contribution < 1.29 is 24.8 Å². The van der Waals surface area contributed by atoms with Gasteiger partial charge in [-0.3, -0.25) is 0 Å². The van der Waals surface area contributed by atoms with Crippen LogP contribution < -0.4 is 16.4 Å². The number of hydrogen-bond donors (Lipinski definition) is 0. The van der Waals surface area contributed by atoms with Gasteiger partial charge in [0.05, 0.1) is 6.26 Å². The summed E-state index contributed by atoms with van der Waals surface area (Å²) in [5, 5.41) is 0. The summed E-state index contributed by atoms with van der Waals surface area (Å²) in [6.07, 6.45) is 4.15. The van der Waals surface area contributed by atoms with Crippen molar-refractivity contribution in [2.24, 2.45) is 0 Å². The molecular formula is C6H8ClNO2S. The summed E-state index contributed by atoms with van der Waals surface area (Å²) in [6.45, 7) is 0. The zero-order valence-corrected chi connectivity index (χ0v) is 7.51. The second-order valence-electron chi connectivity index (χ2n) is 1.97. The summed E-state index contributed by atoms with van der Waals surface area (Å²) < 4.78 is 22.8. The van der Waals surface area contributed by atoms with Gasteiger partial charge in [-0.2, -0.15) is 8.42 Å². The van der Waals surface area contributed by atoms with E-state index in [4.69, 9.17) is 0 Å². The number of halogens is 1. The van der Waals surface area contributed by atoms with E-state index in [1.807, 2.05) is 0 Å². The number of pyridine rings is 1. The zero-order valence-electron chi connectivity index (χ0n) is 5.94. The Labute approximate surface area is 72.1 Å². The first-order valence-corrected chi connectivity index (χ1v) is 4.62. The minimum absolute atomic E-state index is 0. The van der Waals surface area contributed by atoms with Gasteiger partial charge in [-0.15, -0.1) is 0 Å². The van der Waals surface area contributed by atoms with Crippen molar-refractivity contribution in [2.45, 2.75) is 0 Å². The minimum atomic E-state index is -3.09. The highest BCUT2D eigenvalue weighted by Gasteiger charge is 2.10. The zero-order chi connectivity index (χ0) is 7.61. The first kappa shape index (κ1) is 10.4. The largest absolute Gasteiger partial charge is 1.00 e. The molecule has 0 aliphatic carbocycles. The van der Waals surface area contributed by atoms with Crippen LogP contribution in [-0.4, -0.2) is 14.7 Å². The summed E-state index contributed by atoms with van der Waals surface area (Å²) in [4.78, 5) is 0. The molecule has 3 nitrogen and oxygen atoms in total. The van der Waals surface area contributed by atoms with E-state index in [0.29, 0.717) is 0 Å². The van der Waals surface area contributed by atoms with E-state index in [1.54, 1.807) is 18.2 Å². The SMILES string of the molecule is CS(=O)(=O)[n+]1ccccc1.[Cl-]. The van der Waals surface area contributed by atoms with Gasteiger partial charge in [0.2, 0.25) is 0 Å². The monoisotopic (exact) mass is 193 g/mol. The number of nitrogens with zero attached hydrogens (tertiary/aromatic N) is 1. The highest BCUT2D eigenvalue weighted by atomic mass is 35.5. The summed E-state index contributed by atoms with van der Waals surface area (Å²) in [7, 11) is -3.09. The smallest absolute Gasteiger partial charge is 0.366 e. The van der Waals surface area contributed by atoms with Crippen LogP contribution in [0, 0.1) is 0 Å². The third kappa shape index (κ3) is 2.86.